The topological polar surface area (TPSA) is 88.4 Å². The Bertz CT molecular complexity index is 775. The van der Waals surface area contributed by atoms with Crippen molar-refractivity contribution in [3.05, 3.63) is 24.5 Å². The maximum atomic E-state index is 12.1. The number of fused-ring (bicyclic) bond motifs is 1. The minimum Gasteiger partial charge on any atom is -0.328 e. The second-order valence-electron chi connectivity index (χ2n) is 5.50. The molecule has 0 saturated carbocycles. The van der Waals surface area contributed by atoms with E-state index in [4.69, 9.17) is 0 Å². The monoisotopic (exact) mass is 299 g/mol. The molecule has 0 fully saturated rings. The van der Waals surface area contributed by atoms with E-state index in [9.17, 15) is 9.59 Å². The predicted octanol–water partition coefficient (Wildman–Crippen LogP) is 1.82. The van der Waals surface area contributed by atoms with Crippen molar-refractivity contribution < 1.29 is 9.59 Å². The zero-order chi connectivity index (χ0) is 15.7. The maximum absolute atomic E-state index is 12.1. The van der Waals surface area contributed by atoms with Crippen LogP contribution in [0.15, 0.2) is 29.6 Å². The van der Waals surface area contributed by atoms with Crippen LogP contribution in [0.1, 0.15) is 32.7 Å². The molecule has 1 aliphatic heterocycles. The number of amides is 2. The van der Waals surface area contributed by atoms with Crippen LogP contribution in [0.2, 0.25) is 0 Å². The van der Waals surface area contributed by atoms with Crippen LogP contribution in [0.3, 0.4) is 0 Å². The first-order valence-electron chi connectivity index (χ1n) is 7.18. The quantitative estimate of drug-likeness (QED) is 0.906. The molecule has 114 valence electrons. The van der Waals surface area contributed by atoms with Crippen LogP contribution in [0.5, 0.6) is 0 Å². The highest BCUT2D eigenvalue weighted by Gasteiger charge is 2.18. The van der Waals surface area contributed by atoms with Crippen LogP contribution < -0.4 is 10.7 Å². The fraction of sp³-hybridized carbons (Fsp3) is 0.333. The zero-order valence-electron chi connectivity index (χ0n) is 12.5. The number of nitrogens with zero attached hydrogens (tertiary/aromatic N) is 3. The second-order valence-corrected chi connectivity index (χ2v) is 5.50. The van der Waals surface area contributed by atoms with Crippen molar-refractivity contribution in [3.63, 3.8) is 0 Å². The van der Waals surface area contributed by atoms with Gasteiger partial charge >= 0.3 is 0 Å². The number of hydrogen-bond donors (Lipinski definition) is 2. The standard InChI is InChI=1S/C15H17N5O2/c1-9(2)20-8-16-12-7-10(3-5-13(12)20)17-15(22)11-4-6-14(21)19-18-11/h3,5,7-9H,4,6H2,1-2H3,(H,17,22)(H,19,21). The highest BCUT2D eigenvalue weighted by Crippen LogP contribution is 2.21. The molecule has 1 aliphatic rings. The summed E-state index contributed by atoms with van der Waals surface area (Å²) >= 11 is 0. The molecule has 0 bridgehead atoms. The van der Waals surface area contributed by atoms with E-state index in [0.717, 1.165) is 11.0 Å². The molecule has 2 N–H and O–H groups in total. The molecule has 7 nitrogen and oxygen atoms in total. The van der Waals surface area contributed by atoms with Crippen LogP contribution in [0.25, 0.3) is 11.0 Å². The lowest BCUT2D eigenvalue weighted by Crippen LogP contribution is -2.32. The highest BCUT2D eigenvalue weighted by atomic mass is 16.2. The number of imidazole rings is 1. The number of nitrogens with one attached hydrogen (secondary N) is 2. The number of carbonyl (C=O) groups is 2. The first-order valence-corrected chi connectivity index (χ1v) is 7.18. The Morgan fingerprint density at radius 2 is 2.18 bits per heavy atom. The van der Waals surface area contributed by atoms with Gasteiger partial charge in [0.25, 0.3) is 5.91 Å². The number of aromatic nitrogens is 2. The van der Waals surface area contributed by atoms with E-state index in [2.05, 4.69) is 39.2 Å². The van der Waals surface area contributed by atoms with Crippen molar-refractivity contribution in [2.75, 3.05) is 5.32 Å². The summed E-state index contributed by atoms with van der Waals surface area (Å²) in [5, 5.41) is 6.57. The van der Waals surface area contributed by atoms with Crippen molar-refractivity contribution >= 4 is 34.2 Å². The van der Waals surface area contributed by atoms with Gasteiger partial charge in [-0.1, -0.05) is 0 Å². The zero-order valence-corrected chi connectivity index (χ0v) is 12.5. The van der Waals surface area contributed by atoms with Crippen LogP contribution in [0, 0.1) is 0 Å². The molecule has 2 heterocycles. The maximum Gasteiger partial charge on any atom is 0.271 e. The second kappa shape index (κ2) is 5.59. The third kappa shape index (κ3) is 2.69. The van der Waals surface area contributed by atoms with Gasteiger partial charge in [-0.3, -0.25) is 9.59 Å². The van der Waals surface area contributed by atoms with Crippen molar-refractivity contribution in [2.24, 2.45) is 5.10 Å². The normalized spacial score (nSPS) is 14.9. The summed E-state index contributed by atoms with van der Waals surface area (Å²) in [6.07, 6.45) is 2.42. The van der Waals surface area contributed by atoms with Gasteiger partial charge in [-0.15, -0.1) is 0 Å². The fourth-order valence-electron chi connectivity index (χ4n) is 2.36. The minimum atomic E-state index is -0.303. The lowest BCUT2D eigenvalue weighted by molar-refractivity contribution is -0.121. The molecular weight excluding hydrogens is 282 g/mol. The summed E-state index contributed by atoms with van der Waals surface area (Å²) in [6.45, 7) is 4.18. The summed E-state index contributed by atoms with van der Waals surface area (Å²) in [4.78, 5) is 27.5. The first kappa shape index (κ1) is 14.2. The predicted molar refractivity (Wildman–Crippen MR) is 83.6 cm³/mol. The summed E-state index contributed by atoms with van der Waals surface area (Å²) in [7, 11) is 0. The fourth-order valence-corrected chi connectivity index (χ4v) is 2.36. The van der Waals surface area contributed by atoms with E-state index < -0.39 is 0 Å². The molecule has 0 aliphatic carbocycles. The molecular formula is C15H17N5O2. The van der Waals surface area contributed by atoms with Gasteiger partial charge in [0.05, 0.1) is 17.4 Å². The van der Waals surface area contributed by atoms with Gasteiger partial charge in [-0.25, -0.2) is 10.4 Å². The average Bonchev–Trinajstić information content (AvgIpc) is 2.91. The summed E-state index contributed by atoms with van der Waals surface area (Å²) < 4.78 is 2.07. The van der Waals surface area contributed by atoms with Gasteiger partial charge < -0.3 is 9.88 Å². The average molecular weight is 299 g/mol. The van der Waals surface area contributed by atoms with Crippen molar-refractivity contribution in [2.45, 2.75) is 32.7 Å². The Labute approximate surface area is 127 Å². The Morgan fingerprint density at radius 1 is 1.36 bits per heavy atom. The molecule has 7 heteroatoms. The molecule has 1 aromatic heterocycles. The van der Waals surface area contributed by atoms with Crippen LogP contribution in [-0.2, 0) is 9.59 Å². The molecule has 2 amide bonds. The van der Waals surface area contributed by atoms with E-state index in [0.29, 0.717) is 23.9 Å². The minimum absolute atomic E-state index is 0.169. The summed E-state index contributed by atoms with van der Waals surface area (Å²) in [5.74, 6) is -0.472. The summed E-state index contributed by atoms with van der Waals surface area (Å²) in [6, 6.07) is 5.92. The van der Waals surface area contributed by atoms with Gasteiger partial charge in [0, 0.05) is 24.6 Å². The van der Waals surface area contributed by atoms with E-state index in [-0.39, 0.29) is 18.2 Å². The number of benzene rings is 1. The highest BCUT2D eigenvalue weighted by molar-refractivity contribution is 6.43. The molecule has 0 unspecified atom stereocenters. The Kier molecular flexibility index (Phi) is 3.62. The lowest BCUT2D eigenvalue weighted by Gasteiger charge is -2.12. The summed E-state index contributed by atoms with van der Waals surface area (Å²) in [5.41, 5.74) is 5.15. The van der Waals surface area contributed by atoms with Gasteiger partial charge in [0.1, 0.15) is 5.71 Å². The SMILES string of the molecule is CC(C)n1cnc2cc(NC(=O)C3=NNC(=O)CC3)ccc21. The van der Waals surface area contributed by atoms with Crippen LogP contribution in [-0.4, -0.2) is 27.1 Å². The Hall–Kier alpha value is -2.70. The number of hydrazone groups is 1. The molecule has 0 spiro atoms. The van der Waals surface area contributed by atoms with E-state index in [1.807, 2.05) is 18.2 Å². The molecule has 2 aromatic rings. The Morgan fingerprint density at radius 3 is 2.86 bits per heavy atom. The largest absolute Gasteiger partial charge is 0.328 e. The van der Waals surface area contributed by atoms with Crippen LogP contribution in [0.4, 0.5) is 5.69 Å². The van der Waals surface area contributed by atoms with Gasteiger partial charge in [0.15, 0.2) is 0 Å². The molecule has 0 atom stereocenters. The van der Waals surface area contributed by atoms with Crippen molar-refractivity contribution in [1.82, 2.24) is 15.0 Å². The third-order valence-electron chi connectivity index (χ3n) is 3.56. The number of carbonyl (C=O) groups excluding carboxylic acids is 2. The smallest absolute Gasteiger partial charge is 0.271 e. The van der Waals surface area contributed by atoms with Gasteiger partial charge in [-0.2, -0.15) is 5.10 Å². The van der Waals surface area contributed by atoms with Gasteiger partial charge in [-0.05, 0) is 32.0 Å². The Balaban J connectivity index is 1.79. The molecule has 0 saturated heterocycles. The number of hydrogen-bond acceptors (Lipinski definition) is 4. The van der Waals surface area contributed by atoms with Gasteiger partial charge in [0.2, 0.25) is 5.91 Å². The number of anilines is 1. The first-order chi connectivity index (χ1) is 10.5. The van der Waals surface area contributed by atoms with E-state index in [1.54, 1.807) is 6.33 Å². The molecule has 0 radical (unpaired) electrons. The van der Waals surface area contributed by atoms with Crippen molar-refractivity contribution in [1.29, 1.82) is 0 Å². The lowest BCUT2D eigenvalue weighted by atomic mass is 10.1. The molecule has 1 aromatic carbocycles. The molecule has 3 rings (SSSR count). The van der Waals surface area contributed by atoms with E-state index in [1.165, 1.54) is 0 Å². The number of rotatable bonds is 3. The van der Waals surface area contributed by atoms with Crippen LogP contribution >= 0.6 is 0 Å². The van der Waals surface area contributed by atoms with E-state index >= 15 is 0 Å². The van der Waals surface area contributed by atoms with Crippen molar-refractivity contribution in [3.8, 4) is 0 Å². The third-order valence-corrected chi connectivity index (χ3v) is 3.56. The molecule has 22 heavy (non-hydrogen) atoms.